The summed E-state index contributed by atoms with van der Waals surface area (Å²) in [4.78, 5) is 2.62. The molecule has 0 spiro atoms. The third kappa shape index (κ3) is 2.71. The standard InChI is InChI=1S/C12H24N2/c1-10-7-11(2)9-14(8-10)6-5-12(13)3-4-12/h10-11H,3-9,13H2,1-2H3. The summed E-state index contributed by atoms with van der Waals surface area (Å²) < 4.78 is 0. The maximum absolute atomic E-state index is 6.11. The molecule has 0 aromatic carbocycles. The van der Waals surface area contributed by atoms with E-state index in [0.717, 1.165) is 11.8 Å². The Kier molecular flexibility index (Phi) is 2.85. The van der Waals surface area contributed by atoms with Crippen molar-refractivity contribution in [1.82, 2.24) is 4.90 Å². The minimum absolute atomic E-state index is 0.240. The summed E-state index contributed by atoms with van der Waals surface area (Å²) in [5, 5.41) is 0. The number of hydrogen-bond donors (Lipinski definition) is 1. The number of nitrogens with zero attached hydrogens (tertiary/aromatic N) is 1. The predicted molar refractivity (Wildman–Crippen MR) is 60.2 cm³/mol. The third-order valence-corrected chi connectivity index (χ3v) is 3.76. The van der Waals surface area contributed by atoms with Crippen LogP contribution < -0.4 is 5.73 Å². The van der Waals surface area contributed by atoms with E-state index in [-0.39, 0.29) is 5.54 Å². The molecule has 1 saturated heterocycles. The average molecular weight is 196 g/mol. The highest BCUT2D eigenvalue weighted by Gasteiger charge is 2.38. The van der Waals surface area contributed by atoms with E-state index in [4.69, 9.17) is 5.73 Å². The summed E-state index contributed by atoms with van der Waals surface area (Å²) in [5.74, 6) is 1.76. The van der Waals surface area contributed by atoms with Gasteiger partial charge in [0.15, 0.2) is 0 Å². The number of nitrogens with two attached hydrogens (primary N) is 1. The van der Waals surface area contributed by atoms with Crippen molar-refractivity contribution in [2.24, 2.45) is 17.6 Å². The lowest BCUT2D eigenvalue weighted by molar-refractivity contribution is 0.136. The molecule has 2 nitrogen and oxygen atoms in total. The van der Waals surface area contributed by atoms with Crippen LogP contribution in [-0.4, -0.2) is 30.1 Å². The molecule has 2 rings (SSSR count). The highest BCUT2D eigenvalue weighted by atomic mass is 15.1. The molecule has 0 amide bonds. The normalized spacial score (nSPS) is 37.1. The van der Waals surface area contributed by atoms with Gasteiger partial charge in [-0.15, -0.1) is 0 Å². The van der Waals surface area contributed by atoms with Gasteiger partial charge in [0.25, 0.3) is 0 Å². The lowest BCUT2D eigenvalue weighted by Gasteiger charge is -2.35. The van der Waals surface area contributed by atoms with E-state index >= 15 is 0 Å². The zero-order valence-electron chi connectivity index (χ0n) is 9.63. The summed E-state index contributed by atoms with van der Waals surface area (Å²) in [6.07, 6.45) is 5.13. The van der Waals surface area contributed by atoms with E-state index in [1.165, 1.54) is 45.3 Å². The van der Waals surface area contributed by atoms with Crippen molar-refractivity contribution in [1.29, 1.82) is 0 Å². The summed E-state index contributed by atoms with van der Waals surface area (Å²) in [5.41, 5.74) is 6.35. The van der Waals surface area contributed by atoms with Crippen LogP contribution in [0.15, 0.2) is 0 Å². The summed E-state index contributed by atoms with van der Waals surface area (Å²) in [6, 6.07) is 0. The molecule has 1 aliphatic carbocycles. The van der Waals surface area contributed by atoms with Gasteiger partial charge in [-0.2, -0.15) is 0 Å². The van der Waals surface area contributed by atoms with Gasteiger partial charge < -0.3 is 10.6 Å². The van der Waals surface area contributed by atoms with E-state index in [0.29, 0.717) is 0 Å². The zero-order valence-corrected chi connectivity index (χ0v) is 9.63. The summed E-state index contributed by atoms with van der Waals surface area (Å²) in [6.45, 7) is 8.56. The predicted octanol–water partition coefficient (Wildman–Crippen LogP) is 1.85. The van der Waals surface area contributed by atoms with Gasteiger partial charge in [0.1, 0.15) is 0 Å². The largest absolute Gasteiger partial charge is 0.325 e. The quantitative estimate of drug-likeness (QED) is 0.746. The Morgan fingerprint density at radius 2 is 1.79 bits per heavy atom. The van der Waals surface area contributed by atoms with Crippen molar-refractivity contribution >= 4 is 0 Å². The molecule has 0 bridgehead atoms. The van der Waals surface area contributed by atoms with Crippen LogP contribution in [0.3, 0.4) is 0 Å². The second kappa shape index (κ2) is 3.82. The first-order valence-electron chi connectivity index (χ1n) is 6.09. The maximum Gasteiger partial charge on any atom is 0.0167 e. The van der Waals surface area contributed by atoms with E-state index in [2.05, 4.69) is 18.7 Å². The molecule has 2 N–H and O–H groups in total. The SMILES string of the molecule is CC1CC(C)CN(CCC2(N)CC2)C1. The van der Waals surface area contributed by atoms with Gasteiger partial charge in [-0.05, 0) is 44.1 Å². The Bertz CT molecular complexity index is 188. The van der Waals surface area contributed by atoms with Crippen LogP contribution in [0.4, 0.5) is 0 Å². The van der Waals surface area contributed by atoms with Crippen LogP contribution in [-0.2, 0) is 0 Å². The fourth-order valence-electron chi connectivity index (χ4n) is 2.77. The lowest BCUT2D eigenvalue weighted by atomic mass is 9.91. The van der Waals surface area contributed by atoms with Crippen molar-refractivity contribution in [2.75, 3.05) is 19.6 Å². The number of likely N-dealkylation sites (tertiary alicyclic amines) is 1. The molecule has 82 valence electrons. The smallest absolute Gasteiger partial charge is 0.0167 e. The van der Waals surface area contributed by atoms with Crippen LogP contribution in [0, 0.1) is 11.8 Å². The van der Waals surface area contributed by atoms with Gasteiger partial charge >= 0.3 is 0 Å². The molecule has 2 atom stereocenters. The zero-order chi connectivity index (χ0) is 10.2. The first-order chi connectivity index (χ1) is 6.57. The molecular formula is C12H24N2. The van der Waals surface area contributed by atoms with Crippen LogP contribution in [0.5, 0.6) is 0 Å². The van der Waals surface area contributed by atoms with Gasteiger partial charge in [-0.1, -0.05) is 13.8 Å². The molecule has 0 aromatic rings. The minimum Gasteiger partial charge on any atom is -0.325 e. The number of hydrogen-bond acceptors (Lipinski definition) is 2. The van der Waals surface area contributed by atoms with Gasteiger partial charge in [-0.3, -0.25) is 0 Å². The molecule has 1 heterocycles. The molecular weight excluding hydrogens is 172 g/mol. The van der Waals surface area contributed by atoms with Crippen LogP contribution in [0.1, 0.15) is 39.5 Å². The summed E-state index contributed by atoms with van der Waals surface area (Å²) >= 11 is 0. The Hall–Kier alpha value is -0.0800. The highest BCUT2D eigenvalue weighted by molar-refractivity contribution is 4.99. The van der Waals surface area contributed by atoms with Gasteiger partial charge in [0, 0.05) is 18.6 Å². The fraction of sp³-hybridized carbons (Fsp3) is 1.00. The number of rotatable bonds is 3. The highest BCUT2D eigenvalue weighted by Crippen LogP contribution is 2.36. The summed E-state index contributed by atoms with van der Waals surface area (Å²) in [7, 11) is 0. The first-order valence-corrected chi connectivity index (χ1v) is 6.09. The molecule has 1 aliphatic heterocycles. The fourth-order valence-corrected chi connectivity index (χ4v) is 2.77. The van der Waals surface area contributed by atoms with E-state index in [9.17, 15) is 0 Å². The molecule has 14 heavy (non-hydrogen) atoms. The Morgan fingerprint density at radius 3 is 2.29 bits per heavy atom. The molecule has 0 aromatic heterocycles. The number of piperidine rings is 1. The minimum atomic E-state index is 0.240. The topological polar surface area (TPSA) is 29.3 Å². The third-order valence-electron chi connectivity index (χ3n) is 3.76. The van der Waals surface area contributed by atoms with Crippen LogP contribution in [0.2, 0.25) is 0 Å². The maximum atomic E-state index is 6.11. The van der Waals surface area contributed by atoms with Crippen molar-refractivity contribution < 1.29 is 0 Å². The molecule has 0 radical (unpaired) electrons. The molecule has 2 unspecified atom stereocenters. The van der Waals surface area contributed by atoms with Crippen LogP contribution >= 0.6 is 0 Å². The van der Waals surface area contributed by atoms with E-state index < -0.39 is 0 Å². The average Bonchev–Trinajstić information content (AvgIpc) is 2.80. The van der Waals surface area contributed by atoms with Gasteiger partial charge in [-0.25, -0.2) is 0 Å². The second-order valence-corrected chi connectivity index (χ2v) is 5.82. The van der Waals surface area contributed by atoms with E-state index in [1.54, 1.807) is 0 Å². The van der Waals surface area contributed by atoms with Crippen molar-refractivity contribution in [3.63, 3.8) is 0 Å². The Morgan fingerprint density at radius 1 is 1.21 bits per heavy atom. The molecule has 2 heteroatoms. The monoisotopic (exact) mass is 196 g/mol. The second-order valence-electron chi connectivity index (χ2n) is 5.82. The van der Waals surface area contributed by atoms with Gasteiger partial charge in [0.2, 0.25) is 0 Å². The molecule has 2 aliphatic rings. The van der Waals surface area contributed by atoms with Crippen molar-refractivity contribution in [3.8, 4) is 0 Å². The Balaban J connectivity index is 1.74. The first kappa shape index (κ1) is 10.4. The van der Waals surface area contributed by atoms with Crippen molar-refractivity contribution in [3.05, 3.63) is 0 Å². The van der Waals surface area contributed by atoms with Crippen LogP contribution in [0.25, 0.3) is 0 Å². The van der Waals surface area contributed by atoms with Crippen molar-refractivity contribution in [2.45, 2.75) is 45.1 Å². The van der Waals surface area contributed by atoms with E-state index in [1.807, 2.05) is 0 Å². The lowest BCUT2D eigenvalue weighted by Crippen LogP contribution is -2.41. The molecule has 2 fully saturated rings. The molecule has 1 saturated carbocycles. The van der Waals surface area contributed by atoms with Gasteiger partial charge in [0.05, 0.1) is 0 Å². The Labute approximate surface area is 87.8 Å².